The molecule has 0 fully saturated rings. The molecule has 0 saturated carbocycles. The van der Waals surface area contributed by atoms with Gasteiger partial charge in [-0.1, -0.05) is 45.7 Å². The molecule has 0 N–H and O–H groups in total. The number of rotatable bonds is 9. The third-order valence-corrected chi connectivity index (χ3v) is 3.00. The minimum Gasteiger partial charge on any atom is -0.432 e. The smallest absolute Gasteiger partial charge is 0.432 e. The van der Waals surface area contributed by atoms with E-state index in [4.69, 9.17) is 0 Å². The molecule has 1 aromatic rings. The van der Waals surface area contributed by atoms with Gasteiger partial charge in [0.25, 0.3) is 0 Å². The Morgan fingerprint density at radius 1 is 1.04 bits per heavy atom. The third kappa shape index (κ3) is 8.21. The van der Waals surface area contributed by atoms with E-state index in [1.165, 1.54) is 12.8 Å². The van der Waals surface area contributed by atoms with Gasteiger partial charge in [0, 0.05) is 0 Å². The molecule has 0 heterocycles. The standard InChI is InChI=1S/C17H24O6/c1-4-5-6-7-14-8-10-15(11-9-14)16(18)21-23-22-17(19)20-12-13(2)3/h8-11,13H,4-7,12H2,1-3H3. The number of carbonyl (C=O) groups is 2. The Hall–Kier alpha value is -2.08. The summed E-state index contributed by atoms with van der Waals surface area (Å²) in [7, 11) is 0. The zero-order valence-electron chi connectivity index (χ0n) is 13.9. The van der Waals surface area contributed by atoms with E-state index in [0.29, 0.717) is 5.56 Å². The number of aryl methyl sites for hydroxylation is 1. The normalized spacial score (nSPS) is 10.4. The van der Waals surface area contributed by atoms with Crippen molar-refractivity contribution < 1.29 is 29.1 Å². The van der Waals surface area contributed by atoms with Gasteiger partial charge in [0.15, 0.2) is 0 Å². The first kappa shape index (κ1) is 19.0. The van der Waals surface area contributed by atoms with Crippen molar-refractivity contribution in [2.45, 2.75) is 46.5 Å². The van der Waals surface area contributed by atoms with Crippen LogP contribution >= 0.6 is 0 Å². The van der Waals surface area contributed by atoms with Crippen molar-refractivity contribution >= 4 is 12.1 Å². The first-order valence-electron chi connectivity index (χ1n) is 7.84. The molecule has 0 aromatic heterocycles. The van der Waals surface area contributed by atoms with E-state index in [1.54, 1.807) is 12.1 Å². The predicted molar refractivity (Wildman–Crippen MR) is 83.4 cm³/mol. The van der Waals surface area contributed by atoms with Crippen molar-refractivity contribution in [3.63, 3.8) is 0 Å². The molecule has 23 heavy (non-hydrogen) atoms. The van der Waals surface area contributed by atoms with Crippen molar-refractivity contribution in [2.75, 3.05) is 6.61 Å². The summed E-state index contributed by atoms with van der Waals surface area (Å²) in [5.41, 5.74) is 1.47. The van der Waals surface area contributed by atoms with E-state index in [2.05, 4.69) is 26.5 Å². The highest BCUT2D eigenvalue weighted by atomic mass is 17.5. The molecular formula is C17H24O6. The van der Waals surface area contributed by atoms with Gasteiger partial charge in [-0.15, -0.1) is 0 Å². The average molecular weight is 324 g/mol. The van der Waals surface area contributed by atoms with Crippen molar-refractivity contribution in [3.8, 4) is 0 Å². The number of hydrogen-bond donors (Lipinski definition) is 0. The number of ether oxygens (including phenoxy) is 1. The number of hydrogen-bond acceptors (Lipinski definition) is 6. The minimum absolute atomic E-state index is 0.168. The lowest BCUT2D eigenvalue weighted by Gasteiger charge is -2.06. The first-order valence-corrected chi connectivity index (χ1v) is 7.84. The summed E-state index contributed by atoms with van der Waals surface area (Å²) >= 11 is 0. The van der Waals surface area contributed by atoms with Crippen molar-refractivity contribution in [2.24, 2.45) is 5.92 Å². The van der Waals surface area contributed by atoms with Crippen LogP contribution in [0, 0.1) is 5.92 Å². The second-order valence-corrected chi connectivity index (χ2v) is 5.63. The molecule has 0 aliphatic rings. The van der Waals surface area contributed by atoms with Crippen molar-refractivity contribution in [1.82, 2.24) is 0 Å². The van der Waals surface area contributed by atoms with Crippen LogP contribution in [0.1, 0.15) is 56.0 Å². The van der Waals surface area contributed by atoms with Gasteiger partial charge in [-0.25, -0.2) is 14.5 Å². The summed E-state index contributed by atoms with van der Waals surface area (Å²) in [4.78, 5) is 31.3. The van der Waals surface area contributed by atoms with Crippen LogP contribution in [0.5, 0.6) is 0 Å². The second-order valence-electron chi connectivity index (χ2n) is 5.63. The van der Waals surface area contributed by atoms with Crippen molar-refractivity contribution in [1.29, 1.82) is 0 Å². The Labute approximate surface area is 136 Å². The van der Waals surface area contributed by atoms with E-state index >= 15 is 0 Å². The van der Waals surface area contributed by atoms with E-state index in [1.807, 2.05) is 26.0 Å². The maximum atomic E-state index is 11.7. The summed E-state index contributed by atoms with van der Waals surface area (Å²) < 4.78 is 4.68. The molecule has 0 aliphatic carbocycles. The lowest BCUT2D eigenvalue weighted by Crippen LogP contribution is -2.14. The van der Waals surface area contributed by atoms with Gasteiger partial charge in [0.1, 0.15) is 0 Å². The molecule has 0 bridgehead atoms. The minimum atomic E-state index is -1.06. The molecule has 6 nitrogen and oxygen atoms in total. The molecule has 0 aliphatic heterocycles. The van der Waals surface area contributed by atoms with Crippen LogP contribution in [0.25, 0.3) is 0 Å². The molecule has 0 spiro atoms. The summed E-state index contributed by atoms with van der Waals surface area (Å²) in [6.45, 7) is 6.09. The molecule has 0 saturated heterocycles. The summed E-state index contributed by atoms with van der Waals surface area (Å²) in [6, 6.07) is 7.02. The SMILES string of the molecule is CCCCCc1ccc(C(=O)OOOC(=O)OCC(C)C)cc1. The van der Waals surface area contributed by atoms with E-state index in [9.17, 15) is 9.59 Å². The molecule has 6 heteroatoms. The fourth-order valence-electron chi connectivity index (χ4n) is 1.77. The van der Waals surface area contributed by atoms with Crippen LogP contribution in [0.15, 0.2) is 24.3 Å². The third-order valence-electron chi connectivity index (χ3n) is 3.00. The zero-order chi connectivity index (χ0) is 17.1. The molecule has 0 radical (unpaired) electrons. The van der Waals surface area contributed by atoms with Gasteiger partial charge < -0.3 is 4.74 Å². The molecule has 0 amide bonds. The van der Waals surface area contributed by atoms with E-state index in [0.717, 1.165) is 18.4 Å². The molecule has 1 aromatic carbocycles. The molecule has 128 valence electrons. The van der Waals surface area contributed by atoms with Gasteiger partial charge in [-0.05, 0) is 36.5 Å². The van der Waals surface area contributed by atoms with Gasteiger partial charge in [0.2, 0.25) is 0 Å². The van der Waals surface area contributed by atoms with Crippen LogP contribution < -0.4 is 0 Å². The summed E-state index contributed by atoms with van der Waals surface area (Å²) in [6.07, 6.45) is 3.39. The van der Waals surface area contributed by atoms with Gasteiger partial charge in [0.05, 0.1) is 17.2 Å². The fraction of sp³-hybridized carbons (Fsp3) is 0.529. The average Bonchev–Trinajstić information content (AvgIpc) is 2.53. The van der Waals surface area contributed by atoms with Crippen LogP contribution in [0.2, 0.25) is 0 Å². The zero-order valence-corrected chi connectivity index (χ0v) is 13.9. The van der Waals surface area contributed by atoms with E-state index < -0.39 is 12.1 Å². The quantitative estimate of drug-likeness (QED) is 0.293. The number of unbranched alkanes of at least 4 members (excludes halogenated alkanes) is 2. The highest BCUT2D eigenvalue weighted by molar-refractivity contribution is 5.88. The number of benzene rings is 1. The Kier molecular flexibility index (Phi) is 8.75. The molecule has 0 unspecified atom stereocenters. The number of carbonyl (C=O) groups excluding carboxylic acids is 2. The maximum Gasteiger partial charge on any atom is 0.543 e. The van der Waals surface area contributed by atoms with Crippen LogP contribution in [-0.2, 0) is 26.0 Å². The lowest BCUT2D eigenvalue weighted by atomic mass is 10.1. The Balaban J connectivity index is 2.30. The van der Waals surface area contributed by atoms with E-state index in [-0.39, 0.29) is 12.5 Å². The van der Waals surface area contributed by atoms with Gasteiger partial charge in [-0.3, -0.25) is 4.89 Å². The highest BCUT2D eigenvalue weighted by Gasteiger charge is 2.12. The molecule has 1 rings (SSSR count). The highest BCUT2D eigenvalue weighted by Crippen LogP contribution is 2.10. The monoisotopic (exact) mass is 324 g/mol. The Bertz CT molecular complexity index is 480. The van der Waals surface area contributed by atoms with Crippen LogP contribution in [-0.4, -0.2) is 18.7 Å². The van der Waals surface area contributed by atoms with Gasteiger partial charge in [-0.2, -0.15) is 0 Å². The predicted octanol–water partition coefficient (Wildman–Crippen LogP) is 4.23. The fourth-order valence-corrected chi connectivity index (χ4v) is 1.77. The van der Waals surface area contributed by atoms with Crippen molar-refractivity contribution in [3.05, 3.63) is 35.4 Å². The maximum absolute atomic E-state index is 11.7. The topological polar surface area (TPSA) is 71.1 Å². The largest absolute Gasteiger partial charge is 0.543 e. The molecule has 0 atom stereocenters. The molecular weight excluding hydrogens is 300 g/mol. The van der Waals surface area contributed by atoms with Crippen LogP contribution in [0.4, 0.5) is 4.79 Å². The first-order chi connectivity index (χ1) is 11.0. The Morgan fingerprint density at radius 3 is 2.35 bits per heavy atom. The lowest BCUT2D eigenvalue weighted by molar-refractivity contribution is -0.452. The summed E-state index contributed by atoms with van der Waals surface area (Å²) in [5, 5.41) is 4.13. The van der Waals surface area contributed by atoms with Crippen LogP contribution in [0.3, 0.4) is 0 Å². The van der Waals surface area contributed by atoms with Gasteiger partial charge >= 0.3 is 12.1 Å². The second kappa shape index (κ2) is 10.6. The summed E-state index contributed by atoms with van der Waals surface area (Å²) in [5.74, 6) is -0.581. The Morgan fingerprint density at radius 2 is 1.74 bits per heavy atom.